The van der Waals surface area contributed by atoms with Crippen molar-refractivity contribution >= 4 is 11.9 Å². The third kappa shape index (κ3) is 3.27. The molecule has 1 amide bonds. The van der Waals surface area contributed by atoms with E-state index >= 15 is 0 Å². The van der Waals surface area contributed by atoms with Crippen molar-refractivity contribution in [1.29, 1.82) is 0 Å². The summed E-state index contributed by atoms with van der Waals surface area (Å²) in [6.45, 7) is 0.0895. The van der Waals surface area contributed by atoms with E-state index in [4.69, 9.17) is 9.84 Å². The van der Waals surface area contributed by atoms with Crippen LogP contribution in [0.4, 0.5) is 0 Å². The van der Waals surface area contributed by atoms with Gasteiger partial charge < -0.3 is 15.2 Å². The van der Waals surface area contributed by atoms with Gasteiger partial charge in [-0.2, -0.15) is 0 Å². The van der Waals surface area contributed by atoms with Crippen LogP contribution in [0.5, 0.6) is 5.75 Å². The molecule has 0 aliphatic heterocycles. The summed E-state index contributed by atoms with van der Waals surface area (Å²) in [6.07, 6.45) is -0.107. The number of hydrogen-bond donors (Lipinski definition) is 2. The highest BCUT2D eigenvalue weighted by Gasteiger charge is 2.10. The largest absolute Gasteiger partial charge is 0.496 e. The zero-order valence-electron chi connectivity index (χ0n) is 8.82. The summed E-state index contributed by atoms with van der Waals surface area (Å²) in [7, 11) is 1.46. The third-order valence-electron chi connectivity index (χ3n) is 1.91. The zero-order chi connectivity index (χ0) is 12.0. The van der Waals surface area contributed by atoms with Crippen molar-refractivity contribution in [1.82, 2.24) is 5.32 Å². The summed E-state index contributed by atoms with van der Waals surface area (Å²) < 4.78 is 5.00. The van der Waals surface area contributed by atoms with E-state index in [0.717, 1.165) is 0 Å². The summed E-state index contributed by atoms with van der Waals surface area (Å²) >= 11 is 0. The van der Waals surface area contributed by atoms with Gasteiger partial charge in [0.25, 0.3) is 5.91 Å². The van der Waals surface area contributed by atoms with Crippen molar-refractivity contribution in [2.75, 3.05) is 13.7 Å². The quantitative estimate of drug-likeness (QED) is 0.769. The summed E-state index contributed by atoms with van der Waals surface area (Å²) in [5, 5.41) is 10.9. The minimum atomic E-state index is -0.952. The average Bonchev–Trinajstić information content (AvgIpc) is 2.28. The monoisotopic (exact) mass is 222 g/mol. The molecule has 0 aliphatic carbocycles. The number of benzene rings is 1. The van der Waals surface area contributed by atoms with Crippen LogP contribution in [0, 0.1) is 6.07 Å². The summed E-state index contributed by atoms with van der Waals surface area (Å²) in [5.41, 5.74) is 0.343. The summed E-state index contributed by atoms with van der Waals surface area (Å²) in [5.74, 6) is -0.881. The molecule has 0 bridgehead atoms. The third-order valence-corrected chi connectivity index (χ3v) is 1.91. The van der Waals surface area contributed by atoms with E-state index in [9.17, 15) is 9.59 Å². The van der Waals surface area contributed by atoms with Crippen LogP contribution in [0.3, 0.4) is 0 Å². The zero-order valence-corrected chi connectivity index (χ0v) is 8.82. The van der Waals surface area contributed by atoms with Crippen molar-refractivity contribution in [3.05, 3.63) is 29.8 Å². The standard InChI is InChI=1S/C11H12NO4/c1-16-9-5-3-2-4-8(9)11(15)12-7-6-10(13)14/h3-5H,6-7H2,1H3,(H,12,15)(H,13,14). The molecule has 0 aliphatic rings. The molecule has 2 N–H and O–H groups in total. The molecule has 85 valence electrons. The van der Waals surface area contributed by atoms with Crippen LogP contribution in [-0.2, 0) is 4.79 Å². The number of methoxy groups -OCH3 is 1. The lowest BCUT2D eigenvalue weighted by Gasteiger charge is -2.07. The molecule has 0 aromatic heterocycles. The fourth-order valence-electron chi connectivity index (χ4n) is 1.15. The van der Waals surface area contributed by atoms with E-state index in [-0.39, 0.29) is 18.9 Å². The maximum absolute atomic E-state index is 11.6. The van der Waals surface area contributed by atoms with Crippen LogP contribution in [0.25, 0.3) is 0 Å². The van der Waals surface area contributed by atoms with Gasteiger partial charge in [-0.25, -0.2) is 0 Å². The molecule has 1 aromatic carbocycles. The second-order valence-corrected chi connectivity index (χ2v) is 3.03. The number of carboxylic acid groups (broad SMARTS) is 1. The Bertz CT molecular complexity index is 389. The van der Waals surface area contributed by atoms with E-state index < -0.39 is 5.97 Å². The van der Waals surface area contributed by atoms with Gasteiger partial charge in [-0.1, -0.05) is 6.07 Å². The maximum Gasteiger partial charge on any atom is 0.305 e. The first-order valence-corrected chi connectivity index (χ1v) is 4.69. The molecule has 1 radical (unpaired) electrons. The average molecular weight is 222 g/mol. The number of carbonyl (C=O) groups is 2. The van der Waals surface area contributed by atoms with E-state index in [1.54, 1.807) is 12.1 Å². The lowest BCUT2D eigenvalue weighted by molar-refractivity contribution is -0.136. The first-order chi connectivity index (χ1) is 7.65. The Labute approximate surface area is 93.0 Å². The van der Waals surface area contributed by atoms with E-state index in [0.29, 0.717) is 11.3 Å². The van der Waals surface area contributed by atoms with Crippen LogP contribution >= 0.6 is 0 Å². The van der Waals surface area contributed by atoms with Gasteiger partial charge >= 0.3 is 5.97 Å². The summed E-state index contributed by atoms with van der Waals surface area (Å²) in [4.78, 5) is 21.9. The van der Waals surface area contributed by atoms with E-state index in [1.165, 1.54) is 13.2 Å². The molecule has 1 aromatic rings. The number of nitrogens with one attached hydrogen (secondary N) is 1. The molecular formula is C11H12NO4. The molecule has 0 fully saturated rings. The number of amides is 1. The van der Waals surface area contributed by atoms with Gasteiger partial charge in [-0.05, 0) is 18.2 Å². The van der Waals surface area contributed by atoms with Crippen LogP contribution in [0.15, 0.2) is 18.2 Å². The fraction of sp³-hybridized carbons (Fsp3) is 0.273. The smallest absolute Gasteiger partial charge is 0.305 e. The lowest BCUT2D eigenvalue weighted by atomic mass is 10.2. The second-order valence-electron chi connectivity index (χ2n) is 3.03. The van der Waals surface area contributed by atoms with Crippen molar-refractivity contribution in [3.8, 4) is 5.75 Å². The van der Waals surface area contributed by atoms with Gasteiger partial charge in [0.2, 0.25) is 0 Å². The number of hydrogen-bond acceptors (Lipinski definition) is 3. The molecule has 5 nitrogen and oxygen atoms in total. The number of ether oxygens (including phenoxy) is 1. The van der Waals surface area contributed by atoms with Crippen molar-refractivity contribution < 1.29 is 19.4 Å². The predicted octanol–water partition coefficient (Wildman–Crippen LogP) is 0.700. The van der Waals surface area contributed by atoms with Gasteiger partial charge in [-0.15, -0.1) is 0 Å². The first-order valence-electron chi connectivity index (χ1n) is 4.69. The molecule has 0 spiro atoms. The van der Waals surface area contributed by atoms with Crippen molar-refractivity contribution in [3.63, 3.8) is 0 Å². The predicted molar refractivity (Wildman–Crippen MR) is 56.4 cm³/mol. The Morgan fingerprint density at radius 2 is 2.31 bits per heavy atom. The maximum atomic E-state index is 11.6. The Balaban J connectivity index is 2.62. The van der Waals surface area contributed by atoms with Crippen LogP contribution < -0.4 is 10.1 Å². The van der Waals surface area contributed by atoms with Gasteiger partial charge in [0.15, 0.2) is 0 Å². The van der Waals surface area contributed by atoms with Gasteiger partial charge in [0.1, 0.15) is 5.75 Å². The number of carboxylic acids is 1. The lowest BCUT2D eigenvalue weighted by Crippen LogP contribution is -2.26. The number of rotatable bonds is 5. The Kier molecular flexibility index (Phi) is 4.32. The van der Waals surface area contributed by atoms with Crippen molar-refractivity contribution in [2.24, 2.45) is 0 Å². The minimum absolute atomic E-state index is 0.0895. The SMILES string of the molecule is COc1cc[c]cc1C(=O)NCCC(=O)O. The molecule has 16 heavy (non-hydrogen) atoms. The first kappa shape index (κ1) is 12.0. The molecule has 1 rings (SSSR count). The molecule has 0 heterocycles. The highest BCUT2D eigenvalue weighted by atomic mass is 16.5. The Morgan fingerprint density at radius 1 is 1.56 bits per heavy atom. The second kappa shape index (κ2) is 5.75. The highest BCUT2D eigenvalue weighted by Crippen LogP contribution is 2.16. The minimum Gasteiger partial charge on any atom is -0.496 e. The van der Waals surface area contributed by atoms with Crippen LogP contribution in [0.2, 0.25) is 0 Å². The molecule has 0 saturated heterocycles. The van der Waals surface area contributed by atoms with E-state index in [2.05, 4.69) is 11.4 Å². The van der Waals surface area contributed by atoms with Gasteiger partial charge in [-0.3, -0.25) is 9.59 Å². The molecule has 0 atom stereocenters. The van der Waals surface area contributed by atoms with E-state index in [1.807, 2.05) is 0 Å². The molecule has 0 unspecified atom stereocenters. The normalized spacial score (nSPS) is 9.56. The van der Waals surface area contributed by atoms with Crippen molar-refractivity contribution in [2.45, 2.75) is 6.42 Å². The summed E-state index contributed by atoms with van der Waals surface area (Å²) in [6, 6.07) is 7.50. The highest BCUT2D eigenvalue weighted by molar-refractivity contribution is 5.96. The number of carbonyl (C=O) groups excluding carboxylic acids is 1. The number of aliphatic carboxylic acids is 1. The van der Waals surface area contributed by atoms with Gasteiger partial charge in [0, 0.05) is 6.54 Å². The molecular weight excluding hydrogens is 210 g/mol. The van der Waals surface area contributed by atoms with Gasteiger partial charge in [0.05, 0.1) is 19.1 Å². The van der Waals surface area contributed by atoms with Crippen LogP contribution in [0.1, 0.15) is 16.8 Å². The Morgan fingerprint density at radius 3 is 2.94 bits per heavy atom. The topological polar surface area (TPSA) is 75.6 Å². The molecule has 5 heteroatoms. The Hall–Kier alpha value is -2.04. The van der Waals surface area contributed by atoms with Crippen LogP contribution in [-0.4, -0.2) is 30.6 Å². The molecule has 0 saturated carbocycles. The fourth-order valence-corrected chi connectivity index (χ4v) is 1.15.